The van der Waals surface area contributed by atoms with Crippen molar-refractivity contribution in [1.82, 2.24) is 4.90 Å². The lowest BCUT2D eigenvalue weighted by Crippen LogP contribution is -2.19. The summed E-state index contributed by atoms with van der Waals surface area (Å²) in [6.45, 7) is 3.62. The summed E-state index contributed by atoms with van der Waals surface area (Å²) in [6.07, 6.45) is 2.51. The van der Waals surface area contributed by atoms with Crippen molar-refractivity contribution in [2.24, 2.45) is 11.5 Å². The Morgan fingerprint density at radius 3 is 2.00 bits per heavy atom. The Morgan fingerprint density at radius 2 is 1.79 bits per heavy atom. The molecule has 0 aliphatic heterocycles. The number of hydrogen-bond donors (Lipinski definition) is 2. The van der Waals surface area contributed by atoms with Crippen LogP contribution in [0.4, 0.5) is 0 Å². The van der Waals surface area contributed by atoms with Crippen molar-refractivity contribution >= 4 is 5.91 Å². The molecular formula is C10H23N3O. The molecule has 14 heavy (non-hydrogen) atoms. The standard InChI is InChI=1S/C7H14N2O.C3H9N/c1-3-6(8)4-5(2)7(9)10;1-4(2)3/h4,6H,3,8H2,1-2H3,(H2,9,10);1-3H3. The molecule has 0 heterocycles. The second-order valence-corrected chi connectivity index (χ2v) is 3.63. The van der Waals surface area contributed by atoms with E-state index >= 15 is 0 Å². The van der Waals surface area contributed by atoms with E-state index in [2.05, 4.69) is 0 Å². The van der Waals surface area contributed by atoms with E-state index < -0.39 is 5.91 Å². The van der Waals surface area contributed by atoms with Gasteiger partial charge in [0.25, 0.3) is 0 Å². The molecule has 4 heteroatoms. The molecular weight excluding hydrogens is 178 g/mol. The van der Waals surface area contributed by atoms with Crippen LogP contribution in [0.1, 0.15) is 20.3 Å². The molecule has 4 N–H and O–H groups in total. The van der Waals surface area contributed by atoms with Crippen LogP contribution in [0.3, 0.4) is 0 Å². The highest BCUT2D eigenvalue weighted by molar-refractivity contribution is 5.91. The van der Waals surface area contributed by atoms with Crippen molar-refractivity contribution in [1.29, 1.82) is 0 Å². The third-order valence-corrected chi connectivity index (χ3v) is 1.32. The van der Waals surface area contributed by atoms with Crippen molar-refractivity contribution in [3.05, 3.63) is 11.6 Å². The van der Waals surface area contributed by atoms with Crippen LogP contribution >= 0.6 is 0 Å². The summed E-state index contributed by atoms with van der Waals surface area (Å²) in [5, 5.41) is 0. The Bertz CT molecular complexity index is 185. The maximum atomic E-state index is 10.4. The van der Waals surface area contributed by atoms with Crippen molar-refractivity contribution in [2.75, 3.05) is 21.1 Å². The highest BCUT2D eigenvalue weighted by Gasteiger charge is 1.99. The van der Waals surface area contributed by atoms with E-state index in [1.165, 1.54) is 0 Å². The fraction of sp³-hybridized carbons (Fsp3) is 0.700. The Kier molecular flexibility index (Phi) is 9.71. The van der Waals surface area contributed by atoms with Gasteiger partial charge in [-0.05, 0) is 34.5 Å². The maximum absolute atomic E-state index is 10.4. The van der Waals surface area contributed by atoms with Crippen LogP contribution in [-0.2, 0) is 4.79 Å². The molecule has 0 aromatic carbocycles. The van der Waals surface area contributed by atoms with E-state index in [9.17, 15) is 4.79 Å². The number of nitrogens with zero attached hydrogens (tertiary/aromatic N) is 1. The molecule has 4 nitrogen and oxygen atoms in total. The van der Waals surface area contributed by atoms with Gasteiger partial charge >= 0.3 is 0 Å². The lowest BCUT2D eigenvalue weighted by molar-refractivity contribution is -0.114. The lowest BCUT2D eigenvalue weighted by Gasteiger charge is -2.01. The minimum Gasteiger partial charge on any atom is -0.366 e. The Labute approximate surface area is 86.9 Å². The third kappa shape index (κ3) is 13.7. The van der Waals surface area contributed by atoms with Gasteiger partial charge in [-0.3, -0.25) is 4.79 Å². The minimum atomic E-state index is -0.399. The fourth-order valence-electron chi connectivity index (χ4n) is 0.521. The van der Waals surface area contributed by atoms with E-state index in [0.717, 1.165) is 6.42 Å². The molecule has 0 aliphatic rings. The molecule has 0 aromatic rings. The van der Waals surface area contributed by atoms with E-state index in [1.807, 2.05) is 33.0 Å². The molecule has 0 bridgehead atoms. The van der Waals surface area contributed by atoms with E-state index in [-0.39, 0.29) is 6.04 Å². The van der Waals surface area contributed by atoms with Crippen LogP contribution in [0.25, 0.3) is 0 Å². The zero-order valence-corrected chi connectivity index (χ0v) is 9.87. The smallest absolute Gasteiger partial charge is 0.244 e. The predicted octanol–water partition coefficient (Wildman–Crippen LogP) is 0.333. The molecule has 0 fully saturated rings. The molecule has 1 unspecified atom stereocenters. The molecule has 0 aliphatic carbocycles. The minimum absolute atomic E-state index is 0.0486. The Balaban J connectivity index is 0. The highest BCUT2D eigenvalue weighted by Crippen LogP contribution is 1.95. The number of hydrogen-bond acceptors (Lipinski definition) is 3. The number of amides is 1. The van der Waals surface area contributed by atoms with Gasteiger partial charge in [0.2, 0.25) is 5.91 Å². The molecule has 0 rings (SSSR count). The van der Waals surface area contributed by atoms with Gasteiger partial charge in [0.05, 0.1) is 0 Å². The van der Waals surface area contributed by atoms with E-state index in [4.69, 9.17) is 11.5 Å². The molecule has 0 spiro atoms. The topological polar surface area (TPSA) is 72.3 Å². The summed E-state index contributed by atoms with van der Waals surface area (Å²) >= 11 is 0. The normalized spacial score (nSPS) is 13.2. The number of nitrogens with two attached hydrogens (primary N) is 2. The predicted molar refractivity (Wildman–Crippen MR) is 60.8 cm³/mol. The maximum Gasteiger partial charge on any atom is 0.244 e. The molecule has 0 saturated carbocycles. The second-order valence-electron chi connectivity index (χ2n) is 3.63. The fourth-order valence-corrected chi connectivity index (χ4v) is 0.521. The van der Waals surface area contributed by atoms with E-state index in [0.29, 0.717) is 5.57 Å². The summed E-state index contributed by atoms with van der Waals surface area (Å²) < 4.78 is 0. The largest absolute Gasteiger partial charge is 0.366 e. The first kappa shape index (κ1) is 15.6. The molecule has 0 saturated heterocycles. The average Bonchev–Trinajstić information content (AvgIpc) is 2.02. The van der Waals surface area contributed by atoms with Crippen molar-refractivity contribution in [2.45, 2.75) is 26.3 Å². The SMILES string of the molecule is CCC(N)C=C(C)C(N)=O.CN(C)C. The molecule has 0 radical (unpaired) electrons. The Hall–Kier alpha value is -0.870. The summed E-state index contributed by atoms with van der Waals surface area (Å²) in [5.74, 6) is -0.399. The van der Waals surface area contributed by atoms with Crippen molar-refractivity contribution in [3.8, 4) is 0 Å². The van der Waals surface area contributed by atoms with Gasteiger partial charge in [0.1, 0.15) is 0 Å². The quantitative estimate of drug-likeness (QED) is 0.646. The van der Waals surface area contributed by atoms with Crippen LogP contribution in [0, 0.1) is 0 Å². The number of carbonyl (C=O) groups is 1. The van der Waals surface area contributed by atoms with E-state index in [1.54, 1.807) is 13.0 Å². The zero-order chi connectivity index (χ0) is 11.7. The first-order chi connectivity index (χ1) is 6.31. The van der Waals surface area contributed by atoms with Crippen LogP contribution < -0.4 is 11.5 Å². The van der Waals surface area contributed by atoms with Crippen LogP contribution in [-0.4, -0.2) is 38.0 Å². The highest BCUT2D eigenvalue weighted by atomic mass is 16.1. The third-order valence-electron chi connectivity index (χ3n) is 1.32. The van der Waals surface area contributed by atoms with Gasteiger partial charge in [-0.15, -0.1) is 0 Å². The Morgan fingerprint density at radius 1 is 1.43 bits per heavy atom. The van der Waals surface area contributed by atoms with Crippen LogP contribution in [0.15, 0.2) is 11.6 Å². The number of rotatable bonds is 3. The zero-order valence-electron chi connectivity index (χ0n) is 9.87. The first-order valence-electron chi connectivity index (χ1n) is 4.66. The van der Waals surface area contributed by atoms with Crippen LogP contribution in [0.5, 0.6) is 0 Å². The van der Waals surface area contributed by atoms with Gasteiger partial charge in [0.15, 0.2) is 0 Å². The van der Waals surface area contributed by atoms with Crippen LogP contribution in [0.2, 0.25) is 0 Å². The number of carbonyl (C=O) groups excluding carboxylic acids is 1. The summed E-state index contributed by atoms with van der Waals surface area (Å²) in [6, 6.07) is -0.0486. The monoisotopic (exact) mass is 201 g/mol. The molecule has 1 amide bonds. The van der Waals surface area contributed by atoms with Gasteiger partial charge < -0.3 is 16.4 Å². The molecule has 0 aromatic heterocycles. The van der Waals surface area contributed by atoms with Gasteiger partial charge in [-0.1, -0.05) is 13.0 Å². The van der Waals surface area contributed by atoms with Gasteiger partial charge in [-0.2, -0.15) is 0 Å². The summed E-state index contributed by atoms with van der Waals surface area (Å²) in [4.78, 5) is 12.4. The van der Waals surface area contributed by atoms with Crippen molar-refractivity contribution < 1.29 is 4.79 Å². The van der Waals surface area contributed by atoms with Gasteiger partial charge in [0, 0.05) is 11.6 Å². The average molecular weight is 201 g/mol. The van der Waals surface area contributed by atoms with Gasteiger partial charge in [-0.25, -0.2) is 0 Å². The molecule has 84 valence electrons. The summed E-state index contributed by atoms with van der Waals surface area (Å²) in [5.41, 5.74) is 11.0. The van der Waals surface area contributed by atoms with Crippen molar-refractivity contribution in [3.63, 3.8) is 0 Å². The number of primary amides is 1. The first-order valence-corrected chi connectivity index (χ1v) is 4.66. The second kappa shape index (κ2) is 8.72. The summed E-state index contributed by atoms with van der Waals surface area (Å²) in [7, 11) is 6.00. The lowest BCUT2D eigenvalue weighted by atomic mass is 10.1. The molecule has 1 atom stereocenters.